The van der Waals surface area contributed by atoms with Gasteiger partial charge in [0.2, 0.25) is 5.91 Å². The van der Waals surface area contributed by atoms with Crippen molar-refractivity contribution in [2.24, 2.45) is 22.4 Å². The first-order chi connectivity index (χ1) is 9.63. The molecular weight excluding hydrogens is 272 g/mol. The molecule has 0 spiro atoms. The highest BCUT2D eigenvalue weighted by atomic mass is 35.5. The fourth-order valence-electron chi connectivity index (χ4n) is 3.67. The third-order valence-corrected chi connectivity index (χ3v) is 5.24. The molecule has 3 nitrogen and oxygen atoms in total. The van der Waals surface area contributed by atoms with E-state index in [2.05, 4.69) is 17.5 Å². The summed E-state index contributed by atoms with van der Waals surface area (Å²) in [5.41, 5.74) is 3.71. The molecule has 1 amide bonds. The van der Waals surface area contributed by atoms with E-state index in [1.54, 1.807) is 12.3 Å². The van der Waals surface area contributed by atoms with Gasteiger partial charge >= 0.3 is 0 Å². The molecule has 3 rings (SSSR count). The summed E-state index contributed by atoms with van der Waals surface area (Å²) in [6, 6.07) is 7.44. The molecular formula is C16H19ClN2O. The van der Waals surface area contributed by atoms with E-state index in [-0.39, 0.29) is 17.2 Å². The molecule has 20 heavy (non-hydrogen) atoms. The van der Waals surface area contributed by atoms with E-state index in [0.717, 1.165) is 5.56 Å². The molecule has 2 aliphatic carbocycles. The van der Waals surface area contributed by atoms with Crippen molar-refractivity contribution >= 4 is 23.7 Å². The molecule has 106 valence electrons. The number of carbonyl (C=O) groups excluding carboxylic acids is 1. The molecule has 0 unspecified atom stereocenters. The first kappa shape index (κ1) is 13.6. The molecule has 0 aromatic heterocycles. The lowest BCUT2D eigenvalue weighted by Gasteiger charge is -2.15. The van der Waals surface area contributed by atoms with Crippen LogP contribution >= 0.6 is 11.6 Å². The summed E-state index contributed by atoms with van der Waals surface area (Å²) in [7, 11) is 0. The first-order valence-corrected chi connectivity index (χ1v) is 7.58. The number of fused-ring (bicyclic) bond motifs is 1. The number of amides is 1. The Hall–Kier alpha value is -1.35. The smallest absolute Gasteiger partial charge is 0.244 e. The van der Waals surface area contributed by atoms with E-state index < -0.39 is 0 Å². The lowest BCUT2D eigenvalue weighted by Crippen LogP contribution is -2.22. The number of hydrogen-bond acceptors (Lipinski definition) is 2. The van der Waals surface area contributed by atoms with Crippen molar-refractivity contribution in [2.45, 2.75) is 32.6 Å². The van der Waals surface area contributed by atoms with Crippen LogP contribution in [0.3, 0.4) is 0 Å². The van der Waals surface area contributed by atoms with Gasteiger partial charge in [-0.2, -0.15) is 5.10 Å². The number of hydrogen-bond donors (Lipinski definition) is 1. The van der Waals surface area contributed by atoms with Gasteiger partial charge in [-0.25, -0.2) is 5.43 Å². The minimum Gasteiger partial charge on any atom is -0.273 e. The summed E-state index contributed by atoms with van der Waals surface area (Å²) in [5.74, 6) is 0.767. The Balaban J connectivity index is 1.60. The van der Waals surface area contributed by atoms with Crippen LogP contribution in [0, 0.1) is 17.3 Å². The first-order valence-electron chi connectivity index (χ1n) is 7.20. The van der Waals surface area contributed by atoms with Gasteiger partial charge < -0.3 is 0 Å². The maximum absolute atomic E-state index is 12.2. The maximum Gasteiger partial charge on any atom is 0.244 e. The second-order valence-corrected chi connectivity index (χ2v) is 6.50. The van der Waals surface area contributed by atoms with E-state index in [1.807, 2.05) is 18.2 Å². The maximum atomic E-state index is 12.2. The van der Waals surface area contributed by atoms with Gasteiger partial charge in [-0.05, 0) is 30.2 Å². The zero-order valence-corrected chi connectivity index (χ0v) is 12.4. The van der Waals surface area contributed by atoms with Gasteiger partial charge in [0.15, 0.2) is 0 Å². The molecule has 4 heteroatoms. The van der Waals surface area contributed by atoms with E-state index in [9.17, 15) is 4.79 Å². The largest absolute Gasteiger partial charge is 0.273 e. The lowest BCUT2D eigenvalue weighted by molar-refractivity contribution is -0.123. The van der Waals surface area contributed by atoms with E-state index in [1.165, 1.54) is 25.7 Å². The van der Waals surface area contributed by atoms with Gasteiger partial charge in [0, 0.05) is 16.5 Å². The third-order valence-electron chi connectivity index (χ3n) is 4.90. The number of carbonyl (C=O) groups is 1. The highest BCUT2D eigenvalue weighted by Crippen LogP contribution is 2.66. The van der Waals surface area contributed by atoms with Crippen molar-refractivity contribution < 1.29 is 4.79 Å². The zero-order valence-electron chi connectivity index (χ0n) is 11.6. The highest BCUT2D eigenvalue weighted by Gasteiger charge is 2.64. The number of nitrogens with zero attached hydrogens (tertiary/aromatic N) is 1. The predicted octanol–water partition coefficient (Wildman–Crippen LogP) is 3.62. The summed E-state index contributed by atoms with van der Waals surface area (Å²) >= 11 is 6.03. The molecule has 1 aromatic rings. The summed E-state index contributed by atoms with van der Waals surface area (Å²) in [6.07, 6.45) is 6.47. The van der Waals surface area contributed by atoms with Gasteiger partial charge in [0.05, 0.1) is 6.21 Å². The SMILES string of the molecule is C[C@]12CCCC[C@@H]1[C@@H]2C(=O)NN=Cc1ccccc1Cl. The quantitative estimate of drug-likeness (QED) is 0.670. The fraction of sp³-hybridized carbons (Fsp3) is 0.500. The summed E-state index contributed by atoms with van der Waals surface area (Å²) in [5, 5.41) is 4.68. The number of nitrogens with one attached hydrogen (secondary N) is 1. The summed E-state index contributed by atoms with van der Waals surface area (Å²) in [6.45, 7) is 2.23. The van der Waals surface area contributed by atoms with Crippen molar-refractivity contribution in [1.29, 1.82) is 0 Å². The number of benzene rings is 1. The summed E-state index contributed by atoms with van der Waals surface area (Å²) in [4.78, 5) is 12.2. The standard InChI is InChI=1S/C16H19ClN2O/c1-16-9-5-4-7-12(16)14(16)15(20)19-18-10-11-6-2-3-8-13(11)17/h2-3,6,8,10,12,14H,4-5,7,9H2,1H3,(H,19,20)/t12-,14-,16+/m1/s1. The lowest BCUT2D eigenvalue weighted by atomic mass is 9.90. The van der Waals surface area contributed by atoms with Crippen LogP contribution in [0.25, 0.3) is 0 Å². The Kier molecular flexibility index (Phi) is 3.55. The second-order valence-electron chi connectivity index (χ2n) is 6.09. The molecule has 0 saturated heterocycles. The molecule has 1 N–H and O–H groups in total. The molecule has 0 heterocycles. The van der Waals surface area contributed by atoms with Gasteiger partial charge in [-0.15, -0.1) is 0 Å². The zero-order chi connectivity index (χ0) is 14.2. The van der Waals surface area contributed by atoms with Crippen molar-refractivity contribution in [2.75, 3.05) is 0 Å². The van der Waals surface area contributed by atoms with Crippen LogP contribution in [0.2, 0.25) is 5.02 Å². The van der Waals surface area contributed by atoms with Crippen molar-refractivity contribution in [3.8, 4) is 0 Å². The predicted molar refractivity (Wildman–Crippen MR) is 80.7 cm³/mol. The Labute approximate surface area is 124 Å². The van der Waals surface area contributed by atoms with Gasteiger partial charge in [-0.3, -0.25) is 4.79 Å². The normalized spacial score (nSPS) is 31.9. The van der Waals surface area contributed by atoms with E-state index in [0.29, 0.717) is 10.9 Å². The van der Waals surface area contributed by atoms with Crippen LogP contribution in [0.4, 0.5) is 0 Å². The van der Waals surface area contributed by atoms with Gasteiger partial charge in [0.1, 0.15) is 0 Å². The van der Waals surface area contributed by atoms with Crippen LogP contribution in [0.15, 0.2) is 29.4 Å². The summed E-state index contributed by atoms with van der Waals surface area (Å²) < 4.78 is 0. The van der Waals surface area contributed by atoms with Crippen molar-refractivity contribution in [1.82, 2.24) is 5.43 Å². The molecule has 1 aromatic carbocycles. The Morgan fingerprint density at radius 3 is 2.95 bits per heavy atom. The van der Waals surface area contributed by atoms with Crippen LogP contribution in [-0.2, 0) is 4.79 Å². The number of halogens is 1. The van der Waals surface area contributed by atoms with Crippen molar-refractivity contribution in [3.63, 3.8) is 0 Å². The van der Waals surface area contributed by atoms with Crippen molar-refractivity contribution in [3.05, 3.63) is 34.9 Å². The second kappa shape index (κ2) is 5.21. The minimum absolute atomic E-state index is 0.0581. The van der Waals surface area contributed by atoms with Crippen LogP contribution in [-0.4, -0.2) is 12.1 Å². The van der Waals surface area contributed by atoms with Gasteiger partial charge in [-0.1, -0.05) is 49.6 Å². The average molecular weight is 291 g/mol. The Morgan fingerprint density at radius 1 is 1.45 bits per heavy atom. The van der Waals surface area contributed by atoms with Gasteiger partial charge in [0.25, 0.3) is 0 Å². The molecule has 2 aliphatic rings. The molecule has 0 aliphatic heterocycles. The van der Waals surface area contributed by atoms with E-state index in [4.69, 9.17) is 11.6 Å². The molecule has 0 bridgehead atoms. The Morgan fingerprint density at radius 2 is 2.25 bits per heavy atom. The number of hydrazone groups is 1. The molecule has 2 saturated carbocycles. The van der Waals surface area contributed by atoms with E-state index >= 15 is 0 Å². The van der Waals surface area contributed by atoms with Crippen LogP contribution in [0.5, 0.6) is 0 Å². The monoisotopic (exact) mass is 290 g/mol. The number of rotatable bonds is 3. The molecule has 2 fully saturated rings. The molecule has 0 radical (unpaired) electrons. The minimum atomic E-state index is 0.0581. The Bertz CT molecular complexity index is 557. The molecule has 3 atom stereocenters. The van der Waals surface area contributed by atoms with Crippen LogP contribution in [0.1, 0.15) is 38.2 Å². The average Bonchev–Trinajstić information content (AvgIpc) is 3.06. The fourth-order valence-corrected chi connectivity index (χ4v) is 3.85. The topological polar surface area (TPSA) is 41.5 Å². The third kappa shape index (κ3) is 2.35. The van der Waals surface area contributed by atoms with Crippen LogP contribution < -0.4 is 5.43 Å². The highest BCUT2D eigenvalue weighted by molar-refractivity contribution is 6.33.